The van der Waals surface area contributed by atoms with E-state index in [4.69, 9.17) is 0 Å². The maximum Gasteiger partial charge on any atom is 0.0452 e. The first-order chi connectivity index (χ1) is 8.33. The fourth-order valence-electron chi connectivity index (χ4n) is 2.88. The van der Waals surface area contributed by atoms with Crippen molar-refractivity contribution in [3.63, 3.8) is 0 Å². The molecule has 1 heterocycles. The van der Waals surface area contributed by atoms with Gasteiger partial charge in [-0.25, -0.2) is 0 Å². The highest BCUT2D eigenvalue weighted by Crippen LogP contribution is 2.30. The van der Waals surface area contributed by atoms with E-state index in [2.05, 4.69) is 41.5 Å². The van der Waals surface area contributed by atoms with Crippen molar-refractivity contribution in [2.24, 2.45) is 5.92 Å². The zero-order valence-corrected chi connectivity index (χ0v) is 10.7. The topological polar surface area (TPSA) is 15.3 Å². The third-order valence-corrected chi connectivity index (χ3v) is 3.98. The Morgan fingerprint density at radius 1 is 1.24 bits per heavy atom. The van der Waals surface area contributed by atoms with Crippen molar-refractivity contribution in [1.29, 1.82) is 0 Å². The van der Waals surface area contributed by atoms with E-state index in [0.717, 1.165) is 19.0 Å². The average Bonchev–Trinajstić information content (AvgIpc) is 3.13. The van der Waals surface area contributed by atoms with Crippen LogP contribution in [0.2, 0.25) is 0 Å². The molecule has 1 aromatic rings. The highest BCUT2D eigenvalue weighted by molar-refractivity contribution is 5.32. The first-order valence-corrected chi connectivity index (χ1v) is 6.82. The predicted octanol–water partition coefficient (Wildman–Crippen LogP) is 2.22. The van der Waals surface area contributed by atoms with Crippen LogP contribution in [0.25, 0.3) is 0 Å². The molecule has 0 aromatic heterocycles. The fourth-order valence-corrected chi connectivity index (χ4v) is 2.88. The summed E-state index contributed by atoms with van der Waals surface area (Å²) in [6.45, 7) is 3.55. The summed E-state index contributed by atoms with van der Waals surface area (Å²) in [6, 6.07) is 9.43. The first-order valence-electron chi connectivity index (χ1n) is 6.82. The van der Waals surface area contributed by atoms with Crippen LogP contribution in [0, 0.1) is 5.92 Å². The lowest BCUT2D eigenvalue weighted by molar-refractivity contribution is 0.276. The number of benzene rings is 1. The van der Waals surface area contributed by atoms with Crippen LogP contribution in [0.1, 0.15) is 30.0 Å². The monoisotopic (exact) mass is 230 g/mol. The minimum Gasteiger partial charge on any atom is -0.309 e. The van der Waals surface area contributed by atoms with Crippen LogP contribution < -0.4 is 5.32 Å². The molecule has 2 heteroatoms. The molecular formula is C15H22N2. The largest absolute Gasteiger partial charge is 0.309 e. The zero-order valence-electron chi connectivity index (χ0n) is 10.7. The van der Waals surface area contributed by atoms with Crippen molar-refractivity contribution >= 4 is 0 Å². The Labute approximate surface area is 104 Å². The van der Waals surface area contributed by atoms with Gasteiger partial charge in [0.25, 0.3) is 0 Å². The molecule has 2 aliphatic rings. The molecule has 0 radical (unpaired) electrons. The molecule has 0 spiro atoms. The summed E-state index contributed by atoms with van der Waals surface area (Å²) in [5, 5.41) is 3.66. The summed E-state index contributed by atoms with van der Waals surface area (Å²) in [7, 11) is 2.26. The second-order valence-electron chi connectivity index (χ2n) is 5.62. The van der Waals surface area contributed by atoms with Crippen LogP contribution in [0.3, 0.4) is 0 Å². The second kappa shape index (κ2) is 4.79. The van der Waals surface area contributed by atoms with E-state index >= 15 is 0 Å². The minimum atomic E-state index is 0.531. The molecule has 92 valence electrons. The van der Waals surface area contributed by atoms with Crippen LogP contribution >= 0.6 is 0 Å². The Bertz CT molecular complexity index is 384. The smallest absolute Gasteiger partial charge is 0.0452 e. The van der Waals surface area contributed by atoms with Gasteiger partial charge in [0.1, 0.15) is 0 Å². The normalized spacial score (nSPS) is 23.8. The van der Waals surface area contributed by atoms with Gasteiger partial charge in [-0.05, 0) is 49.9 Å². The summed E-state index contributed by atoms with van der Waals surface area (Å²) in [4.78, 5) is 2.50. The van der Waals surface area contributed by atoms with E-state index in [1.54, 1.807) is 0 Å². The van der Waals surface area contributed by atoms with Crippen molar-refractivity contribution in [3.8, 4) is 0 Å². The van der Waals surface area contributed by atoms with Crippen molar-refractivity contribution in [2.45, 2.75) is 25.3 Å². The van der Waals surface area contributed by atoms with E-state index in [9.17, 15) is 0 Å². The molecule has 1 fully saturated rings. The van der Waals surface area contributed by atoms with Crippen LogP contribution in [-0.2, 0) is 6.42 Å². The number of nitrogens with one attached hydrogen (secondary N) is 1. The fraction of sp³-hybridized carbons (Fsp3) is 0.600. The van der Waals surface area contributed by atoms with E-state index in [-0.39, 0.29) is 0 Å². The molecule has 0 bridgehead atoms. The number of nitrogens with zero attached hydrogens (tertiary/aromatic N) is 1. The van der Waals surface area contributed by atoms with Gasteiger partial charge < -0.3 is 10.2 Å². The van der Waals surface area contributed by atoms with Gasteiger partial charge >= 0.3 is 0 Å². The Morgan fingerprint density at radius 2 is 2.06 bits per heavy atom. The second-order valence-corrected chi connectivity index (χ2v) is 5.62. The van der Waals surface area contributed by atoms with Crippen molar-refractivity contribution in [2.75, 3.05) is 26.7 Å². The molecule has 1 N–H and O–H groups in total. The molecule has 0 amide bonds. The van der Waals surface area contributed by atoms with Crippen LogP contribution in [-0.4, -0.2) is 31.6 Å². The minimum absolute atomic E-state index is 0.531. The molecule has 2 nitrogen and oxygen atoms in total. The molecule has 1 atom stereocenters. The highest BCUT2D eigenvalue weighted by atomic mass is 15.1. The molecule has 0 saturated heterocycles. The van der Waals surface area contributed by atoms with Gasteiger partial charge in [-0.15, -0.1) is 0 Å². The van der Waals surface area contributed by atoms with Gasteiger partial charge in [0.2, 0.25) is 0 Å². The molecular weight excluding hydrogens is 208 g/mol. The SMILES string of the molecule is CN(CC1CC1)C[C@H]1NCCc2ccccc21. The molecule has 1 aliphatic heterocycles. The van der Waals surface area contributed by atoms with Crippen LogP contribution in [0.5, 0.6) is 0 Å². The molecule has 0 unspecified atom stereocenters. The molecule has 17 heavy (non-hydrogen) atoms. The summed E-state index contributed by atoms with van der Waals surface area (Å²) < 4.78 is 0. The van der Waals surface area contributed by atoms with Crippen molar-refractivity contribution in [1.82, 2.24) is 10.2 Å². The first kappa shape index (κ1) is 11.2. The third kappa shape index (κ3) is 2.70. The summed E-state index contributed by atoms with van der Waals surface area (Å²) in [5.41, 5.74) is 3.05. The van der Waals surface area contributed by atoms with Gasteiger partial charge in [-0.1, -0.05) is 24.3 Å². The van der Waals surface area contributed by atoms with E-state index < -0.39 is 0 Å². The predicted molar refractivity (Wildman–Crippen MR) is 71.1 cm³/mol. The Balaban J connectivity index is 1.67. The quantitative estimate of drug-likeness (QED) is 0.853. The number of rotatable bonds is 4. The van der Waals surface area contributed by atoms with Crippen LogP contribution in [0.4, 0.5) is 0 Å². The number of likely N-dealkylation sites (N-methyl/N-ethyl adjacent to an activating group) is 1. The lowest BCUT2D eigenvalue weighted by Crippen LogP contribution is -2.38. The summed E-state index contributed by atoms with van der Waals surface area (Å²) >= 11 is 0. The van der Waals surface area contributed by atoms with Gasteiger partial charge in [-0.3, -0.25) is 0 Å². The zero-order chi connectivity index (χ0) is 11.7. The molecule has 3 rings (SSSR count). The van der Waals surface area contributed by atoms with E-state index in [0.29, 0.717) is 6.04 Å². The number of hydrogen-bond donors (Lipinski definition) is 1. The van der Waals surface area contributed by atoms with Crippen molar-refractivity contribution in [3.05, 3.63) is 35.4 Å². The van der Waals surface area contributed by atoms with Gasteiger partial charge in [0, 0.05) is 19.1 Å². The highest BCUT2D eigenvalue weighted by Gasteiger charge is 2.25. The maximum atomic E-state index is 3.66. The van der Waals surface area contributed by atoms with E-state index in [1.165, 1.54) is 36.9 Å². The van der Waals surface area contributed by atoms with Gasteiger partial charge in [0.15, 0.2) is 0 Å². The molecule has 1 aliphatic carbocycles. The standard InChI is InChI=1S/C15H22N2/c1-17(10-12-6-7-12)11-15-14-5-3-2-4-13(14)8-9-16-15/h2-5,12,15-16H,6-11H2,1H3/t15-/m1/s1. The lowest BCUT2D eigenvalue weighted by Gasteiger charge is -2.30. The summed E-state index contributed by atoms with van der Waals surface area (Å²) in [6.07, 6.45) is 4.07. The van der Waals surface area contributed by atoms with Gasteiger partial charge in [0.05, 0.1) is 0 Å². The third-order valence-electron chi connectivity index (χ3n) is 3.98. The Kier molecular flexibility index (Phi) is 3.17. The maximum absolute atomic E-state index is 3.66. The Hall–Kier alpha value is -0.860. The number of fused-ring (bicyclic) bond motifs is 1. The summed E-state index contributed by atoms with van der Waals surface area (Å²) in [5.74, 6) is 0.985. The lowest BCUT2D eigenvalue weighted by atomic mass is 9.94. The molecule has 1 aromatic carbocycles. The Morgan fingerprint density at radius 3 is 2.88 bits per heavy atom. The number of hydrogen-bond acceptors (Lipinski definition) is 2. The van der Waals surface area contributed by atoms with E-state index in [1.807, 2.05) is 0 Å². The van der Waals surface area contributed by atoms with Crippen LogP contribution in [0.15, 0.2) is 24.3 Å². The molecule has 1 saturated carbocycles. The van der Waals surface area contributed by atoms with Crippen molar-refractivity contribution < 1.29 is 0 Å². The average molecular weight is 230 g/mol. The van der Waals surface area contributed by atoms with Gasteiger partial charge in [-0.2, -0.15) is 0 Å².